The van der Waals surface area contributed by atoms with Crippen LogP contribution in [0.15, 0.2) is 46.6 Å². The zero-order chi connectivity index (χ0) is 17.2. The number of hydrogen-bond donors (Lipinski definition) is 1. The molecule has 6 heteroatoms. The molecule has 1 amide bonds. The molecule has 4 rings (SSSR count). The molecule has 3 aromatic rings. The van der Waals surface area contributed by atoms with E-state index in [2.05, 4.69) is 21.4 Å². The SMILES string of the molecule is O=C(CCc1nc2ccccc2c(=O)[nH]1)N1CCCC1c1cccs1. The van der Waals surface area contributed by atoms with Crippen molar-refractivity contribution in [2.24, 2.45) is 0 Å². The highest BCUT2D eigenvalue weighted by Gasteiger charge is 2.30. The molecule has 128 valence electrons. The van der Waals surface area contributed by atoms with Gasteiger partial charge >= 0.3 is 0 Å². The summed E-state index contributed by atoms with van der Waals surface area (Å²) in [5, 5.41) is 2.63. The fraction of sp³-hybridized carbons (Fsp3) is 0.316. The van der Waals surface area contributed by atoms with Crippen LogP contribution in [0, 0.1) is 0 Å². The molecule has 1 aliphatic rings. The van der Waals surface area contributed by atoms with Crippen molar-refractivity contribution in [1.29, 1.82) is 0 Å². The third kappa shape index (κ3) is 3.22. The first-order chi connectivity index (χ1) is 12.2. The second-order valence-corrected chi connectivity index (χ2v) is 7.27. The van der Waals surface area contributed by atoms with Crippen LogP contribution in [0.25, 0.3) is 10.9 Å². The lowest BCUT2D eigenvalue weighted by Gasteiger charge is -2.23. The quantitative estimate of drug-likeness (QED) is 0.783. The third-order valence-corrected chi connectivity index (χ3v) is 5.66. The van der Waals surface area contributed by atoms with Crippen LogP contribution in [0.2, 0.25) is 0 Å². The van der Waals surface area contributed by atoms with E-state index >= 15 is 0 Å². The first-order valence-corrected chi connectivity index (χ1v) is 9.41. The molecule has 0 aliphatic carbocycles. The maximum absolute atomic E-state index is 12.7. The molecule has 0 bridgehead atoms. The van der Waals surface area contributed by atoms with Crippen LogP contribution in [-0.2, 0) is 11.2 Å². The Morgan fingerprint density at radius 3 is 3.00 bits per heavy atom. The van der Waals surface area contributed by atoms with E-state index < -0.39 is 0 Å². The van der Waals surface area contributed by atoms with Crippen LogP contribution in [-0.4, -0.2) is 27.3 Å². The van der Waals surface area contributed by atoms with Crippen molar-refractivity contribution in [2.75, 3.05) is 6.54 Å². The number of nitrogens with zero attached hydrogens (tertiary/aromatic N) is 2. The standard InChI is InChI=1S/C19H19N3O2S/c23-18(22-11-3-7-15(22)16-8-4-12-25-16)10-9-17-20-14-6-2-1-5-13(14)19(24)21-17/h1-2,4-6,8,12,15H,3,7,9-11H2,(H,20,21,24). The molecule has 1 N–H and O–H groups in total. The van der Waals surface area contributed by atoms with Crippen LogP contribution in [0.1, 0.15) is 36.0 Å². The minimum Gasteiger partial charge on any atom is -0.335 e. The molecular weight excluding hydrogens is 334 g/mol. The Balaban J connectivity index is 1.48. The number of hydrogen-bond acceptors (Lipinski definition) is 4. The molecule has 1 aliphatic heterocycles. The van der Waals surface area contributed by atoms with E-state index in [4.69, 9.17) is 0 Å². The Bertz CT molecular complexity index is 949. The van der Waals surface area contributed by atoms with Crippen molar-refractivity contribution in [3.05, 3.63) is 62.8 Å². The number of aryl methyl sites for hydroxylation is 1. The Morgan fingerprint density at radius 2 is 2.16 bits per heavy atom. The summed E-state index contributed by atoms with van der Waals surface area (Å²) in [4.78, 5) is 35.3. The zero-order valence-corrected chi connectivity index (χ0v) is 14.6. The van der Waals surface area contributed by atoms with E-state index in [1.54, 1.807) is 17.4 Å². The fourth-order valence-corrected chi connectivity index (χ4v) is 4.34. The number of carbonyl (C=O) groups is 1. The van der Waals surface area contributed by atoms with Gasteiger partial charge in [-0.2, -0.15) is 0 Å². The van der Waals surface area contributed by atoms with Gasteiger partial charge in [0.25, 0.3) is 5.56 Å². The smallest absolute Gasteiger partial charge is 0.258 e. The van der Waals surface area contributed by atoms with Crippen LogP contribution in [0.3, 0.4) is 0 Å². The second-order valence-electron chi connectivity index (χ2n) is 6.29. The molecular formula is C19H19N3O2S. The van der Waals surface area contributed by atoms with Crippen molar-refractivity contribution in [1.82, 2.24) is 14.9 Å². The number of amides is 1. The Morgan fingerprint density at radius 1 is 1.28 bits per heavy atom. The van der Waals surface area contributed by atoms with E-state index in [0.29, 0.717) is 29.6 Å². The minimum atomic E-state index is -0.148. The van der Waals surface area contributed by atoms with Crippen molar-refractivity contribution in [2.45, 2.75) is 31.7 Å². The van der Waals surface area contributed by atoms with Crippen LogP contribution in [0.5, 0.6) is 0 Å². The fourth-order valence-electron chi connectivity index (χ4n) is 3.46. The van der Waals surface area contributed by atoms with Gasteiger partial charge in [-0.05, 0) is 36.4 Å². The van der Waals surface area contributed by atoms with Crippen molar-refractivity contribution in [3.8, 4) is 0 Å². The number of H-pyrrole nitrogens is 1. The summed E-state index contributed by atoms with van der Waals surface area (Å²) >= 11 is 1.71. The Hall–Kier alpha value is -2.47. The maximum Gasteiger partial charge on any atom is 0.258 e. The molecule has 5 nitrogen and oxygen atoms in total. The van der Waals surface area contributed by atoms with Crippen LogP contribution >= 0.6 is 11.3 Å². The molecule has 0 radical (unpaired) electrons. The molecule has 1 fully saturated rings. The molecule has 0 spiro atoms. The highest BCUT2D eigenvalue weighted by Crippen LogP contribution is 2.34. The number of benzene rings is 1. The minimum absolute atomic E-state index is 0.131. The van der Waals surface area contributed by atoms with Gasteiger partial charge in [-0.25, -0.2) is 4.98 Å². The first-order valence-electron chi connectivity index (χ1n) is 8.53. The van der Waals surface area contributed by atoms with E-state index in [1.807, 2.05) is 29.2 Å². The van der Waals surface area contributed by atoms with Gasteiger partial charge in [0.1, 0.15) is 5.82 Å². The molecule has 1 atom stereocenters. The van der Waals surface area contributed by atoms with E-state index in [1.165, 1.54) is 4.88 Å². The molecule has 1 unspecified atom stereocenters. The summed E-state index contributed by atoms with van der Waals surface area (Å²) in [6, 6.07) is 11.6. The lowest BCUT2D eigenvalue weighted by molar-refractivity contribution is -0.132. The number of carbonyl (C=O) groups excluding carboxylic acids is 1. The summed E-state index contributed by atoms with van der Waals surface area (Å²) in [7, 11) is 0. The van der Waals surface area contributed by atoms with Gasteiger partial charge in [0.05, 0.1) is 16.9 Å². The summed E-state index contributed by atoms with van der Waals surface area (Å²) in [5.41, 5.74) is 0.525. The number of nitrogens with one attached hydrogen (secondary N) is 1. The summed E-state index contributed by atoms with van der Waals surface area (Å²) in [6.07, 6.45) is 2.88. The maximum atomic E-state index is 12.7. The van der Waals surface area contributed by atoms with Crippen LogP contribution in [0.4, 0.5) is 0 Å². The van der Waals surface area contributed by atoms with Gasteiger partial charge in [0.2, 0.25) is 5.91 Å². The van der Waals surface area contributed by atoms with Gasteiger partial charge in [-0.1, -0.05) is 18.2 Å². The van der Waals surface area contributed by atoms with Gasteiger partial charge in [0.15, 0.2) is 0 Å². The topological polar surface area (TPSA) is 66.1 Å². The predicted octanol–water partition coefficient (Wildman–Crippen LogP) is 3.28. The average molecular weight is 353 g/mol. The number of aromatic amines is 1. The predicted molar refractivity (Wildman–Crippen MR) is 98.7 cm³/mol. The van der Waals surface area contributed by atoms with Gasteiger partial charge < -0.3 is 9.88 Å². The van der Waals surface area contributed by atoms with Gasteiger partial charge in [0, 0.05) is 24.3 Å². The van der Waals surface area contributed by atoms with Gasteiger partial charge in [-0.3, -0.25) is 9.59 Å². The summed E-state index contributed by atoms with van der Waals surface area (Å²) in [6.45, 7) is 0.809. The molecule has 0 saturated carbocycles. The number of rotatable bonds is 4. The average Bonchev–Trinajstić information content (AvgIpc) is 3.30. The number of aromatic nitrogens is 2. The first kappa shape index (κ1) is 16.0. The number of thiophene rings is 1. The molecule has 1 saturated heterocycles. The largest absolute Gasteiger partial charge is 0.335 e. The normalized spacial score (nSPS) is 17.3. The number of fused-ring (bicyclic) bond motifs is 1. The highest BCUT2D eigenvalue weighted by molar-refractivity contribution is 7.10. The van der Waals surface area contributed by atoms with Crippen molar-refractivity contribution in [3.63, 3.8) is 0 Å². The van der Waals surface area contributed by atoms with Crippen molar-refractivity contribution >= 4 is 28.1 Å². The molecule has 3 heterocycles. The van der Waals surface area contributed by atoms with Crippen LogP contribution < -0.4 is 5.56 Å². The second kappa shape index (κ2) is 6.80. The molecule has 25 heavy (non-hydrogen) atoms. The highest BCUT2D eigenvalue weighted by atomic mass is 32.1. The van der Waals surface area contributed by atoms with E-state index in [0.717, 1.165) is 19.4 Å². The monoisotopic (exact) mass is 353 g/mol. The lowest BCUT2D eigenvalue weighted by Crippen LogP contribution is -2.30. The lowest BCUT2D eigenvalue weighted by atomic mass is 10.1. The number of likely N-dealkylation sites (tertiary alicyclic amines) is 1. The van der Waals surface area contributed by atoms with E-state index in [9.17, 15) is 9.59 Å². The Kier molecular flexibility index (Phi) is 4.36. The van der Waals surface area contributed by atoms with Crippen molar-refractivity contribution < 1.29 is 4.79 Å². The summed E-state index contributed by atoms with van der Waals surface area (Å²) in [5.74, 6) is 0.704. The molecule has 2 aromatic heterocycles. The Labute approximate surface area is 149 Å². The molecule has 1 aromatic carbocycles. The number of para-hydroxylation sites is 1. The zero-order valence-electron chi connectivity index (χ0n) is 13.8. The third-order valence-electron chi connectivity index (χ3n) is 4.68. The van der Waals surface area contributed by atoms with Gasteiger partial charge in [-0.15, -0.1) is 11.3 Å². The summed E-state index contributed by atoms with van der Waals surface area (Å²) < 4.78 is 0. The van der Waals surface area contributed by atoms with E-state index in [-0.39, 0.29) is 17.5 Å².